The maximum atomic E-state index is 3.95. The van der Waals surface area contributed by atoms with Gasteiger partial charge in [0.25, 0.3) is 0 Å². The van der Waals surface area contributed by atoms with Crippen LogP contribution in [0.25, 0.3) is 28.3 Å². The van der Waals surface area contributed by atoms with Crippen LogP contribution in [0, 0.1) is 0 Å². The maximum absolute atomic E-state index is 3.95. The zero-order valence-corrected chi connectivity index (χ0v) is 16.0. The van der Waals surface area contributed by atoms with Crippen LogP contribution in [0.4, 0.5) is 0 Å². The van der Waals surface area contributed by atoms with Crippen molar-refractivity contribution in [2.75, 3.05) is 0 Å². The Morgan fingerprint density at radius 1 is 0.615 bits per heavy atom. The molecular weight excluding hydrogens is 312 g/mol. The second kappa shape index (κ2) is 4.76. The Labute approximate surface area is 156 Å². The molecule has 3 aromatic rings. The van der Waals surface area contributed by atoms with Crippen LogP contribution in [0.1, 0.15) is 55.5 Å². The Bertz CT molecular complexity index is 1090. The fourth-order valence-electron chi connectivity index (χ4n) is 5.07. The molecule has 0 fully saturated rings. The van der Waals surface area contributed by atoms with E-state index in [2.05, 4.69) is 88.9 Å². The summed E-state index contributed by atoms with van der Waals surface area (Å²) in [6.45, 7) is 13.4. The van der Waals surface area contributed by atoms with Gasteiger partial charge in [-0.1, -0.05) is 82.8 Å². The van der Waals surface area contributed by atoms with Crippen LogP contribution < -0.4 is 0 Å². The van der Waals surface area contributed by atoms with Crippen LogP contribution in [0.2, 0.25) is 0 Å². The van der Waals surface area contributed by atoms with E-state index in [9.17, 15) is 0 Å². The summed E-state index contributed by atoms with van der Waals surface area (Å²) >= 11 is 0. The fourth-order valence-corrected chi connectivity index (χ4v) is 5.07. The normalized spacial score (nSPS) is 17.2. The predicted octanol–water partition coefficient (Wildman–Crippen LogP) is 6.94. The van der Waals surface area contributed by atoms with Gasteiger partial charge in [-0.25, -0.2) is 0 Å². The van der Waals surface area contributed by atoms with E-state index in [4.69, 9.17) is 0 Å². The van der Waals surface area contributed by atoms with Gasteiger partial charge in [-0.15, -0.1) is 0 Å². The fraction of sp³-hybridized carbons (Fsp3) is 0.231. The molecule has 0 heterocycles. The van der Waals surface area contributed by atoms with Crippen molar-refractivity contribution in [2.45, 2.75) is 38.5 Å². The quantitative estimate of drug-likeness (QED) is 0.451. The average Bonchev–Trinajstić information content (AvgIpc) is 3.00. The van der Waals surface area contributed by atoms with Crippen molar-refractivity contribution in [2.24, 2.45) is 0 Å². The number of benzene rings is 3. The van der Waals surface area contributed by atoms with Crippen molar-refractivity contribution in [1.29, 1.82) is 0 Å². The summed E-state index contributed by atoms with van der Waals surface area (Å²) in [6, 6.07) is 20.6. The lowest BCUT2D eigenvalue weighted by atomic mass is 9.79. The molecular formula is C26H24. The van der Waals surface area contributed by atoms with Crippen LogP contribution in [-0.2, 0) is 10.8 Å². The van der Waals surface area contributed by atoms with E-state index in [1.54, 1.807) is 0 Å². The molecule has 128 valence electrons. The molecule has 26 heavy (non-hydrogen) atoms. The van der Waals surface area contributed by atoms with Crippen LogP contribution in [0.3, 0.4) is 0 Å². The molecule has 0 spiro atoms. The van der Waals surface area contributed by atoms with Crippen LogP contribution in [0.15, 0.2) is 61.2 Å². The smallest absolute Gasteiger partial charge is 0.0159 e. The molecule has 3 aromatic carbocycles. The molecule has 0 nitrogen and oxygen atoms in total. The first-order valence-electron chi connectivity index (χ1n) is 9.42. The third-order valence-corrected chi connectivity index (χ3v) is 6.64. The van der Waals surface area contributed by atoms with E-state index in [0.29, 0.717) is 0 Å². The van der Waals surface area contributed by atoms with Crippen molar-refractivity contribution >= 4 is 6.08 Å². The van der Waals surface area contributed by atoms with Gasteiger partial charge in [0, 0.05) is 10.8 Å². The summed E-state index contributed by atoms with van der Waals surface area (Å²) in [5.74, 6) is 0. The minimum Gasteiger partial charge on any atom is -0.0985 e. The van der Waals surface area contributed by atoms with Gasteiger partial charge in [-0.05, 0) is 62.2 Å². The molecule has 0 heteroatoms. The second-order valence-electron chi connectivity index (χ2n) is 8.75. The predicted molar refractivity (Wildman–Crippen MR) is 112 cm³/mol. The van der Waals surface area contributed by atoms with E-state index >= 15 is 0 Å². The highest BCUT2D eigenvalue weighted by Gasteiger charge is 2.41. The van der Waals surface area contributed by atoms with Crippen molar-refractivity contribution in [3.8, 4) is 22.3 Å². The van der Waals surface area contributed by atoms with Gasteiger partial charge in [-0.3, -0.25) is 0 Å². The van der Waals surface area contributed by atoms with Crippen molar-refractivity contribution in [3.05, 3.63) is 89.0 Å². The Morgan fingerprint density at radius 3 is 1.81 bits per heavy atom. The number of rotatable bonds is 1. The Hall–Kier alpha value is -2.60. The van der Waals surface area contributed by atoms with Gasteiger partial charge in [0.1, 0.15) is 0 Å². The van der Waals surface area contributed by atoms with Crippen molar-refractivity contribution in [3.63, 3.8) is 0 Å². The van der Waals surface area contributed by atoms with Crippen LogP contribution in [-0.4, -0.2) is 0 Å². The van der Waals surface area contributed by atoms with Gasteiger partial charge in [0.2, 0.25) is 0 Å². The molecule has 0 atom stereocenters. The zero-order valence-electron chi connectivity index (χ0n) is 16.0. The molecule has 5 rings (SSSR count). The highest BCUT2D eigenvalue weighted by Crippen LogP contribution is 2.55. The molecule has 0 aliphatic heterocycles. The first-order chi connectivity index (χ1) is 12.4. The molecule has 0 bridgehead atoms. The number of hydrogen-bond acceptors (Lipinski definition) is 0. The number of hydrogen-bond donors (Lipinski definition) is 0. The largest absolute Gasteiger partial charge is 0.0985 e. The van der Waals surface area contributed by atoms with Gasteiger partial charge < -0.3 is 0 Å². The van der Waals surface area contributed by atoms with E-state index in [1.807, 2.05) is 6.08 Å². The molecule has 0 aromatic heterocycles. The third kappa shape index (κ3) is 1.75. The van der Waals surface area contributed by atoms with E-state index < -0.39 is 0 Å². The summed E-state index contributed by atoms with van der Waals surface area (Å²) in [5, 5.41) is 0. The summed E-state index contributed by atoms with van der Waals surface area (Å²) in [7, 11) is 0. The van der Waals surface area contributed by atoms with Gasteiger partial charge in [0.05, 0.1) is 0 Å². The van der Waals surface area contributed by atoms with Gasteiger partial charge in [0.15, 0.2) is 0 Å². The van der Waals surface area contributed by atoms with E-state index in [1.165, 1.54) is 50.1 Å². The van der Waals surface area contributed by atoms with Crippen LogP contribution >= 0.6 is 0 Å². The molecule has 0 radical (unpaired) electrons. The highest BCUT2D eigenvalue weighted by molar-refractivity contribution is 5.89. The Morgan fingerprint density at radius 2 is 1.15 bits per heavy atom. The summed E-state index contributed by atoms with van der Waals surface area (Å²) in [6.07, 6.45) is 1.94. The SMILES string of the molecule is C=Cc1ccc2c(c1)C(C)(C)c1cc3c(cc1-2)C(C)(C)c1ccccc1-3. The minimum atomic E-state index is 0.0143. The monoisotopic (exact) mass is 336 g/mol. The summed E-state index contributed by atoms with van der Waals surface area (Å²) < 4.78 is 0. The zero-order chi connectivity index (χ0) is 18.3. The van der Waals surface area contributed by atoms with Crippen molar-refractivity contribution < 1.29 is 0 Å². The Kier molecular flexibility index (Phi) is 2.87. The molecule has 0 saturated heterocycles. The summed E-state index contributed by atoms with van der Waals surface area (Å²) in [4.78, 5) is 0. The first-order valence-corrected chi connectivity index (χ1v) is 9.42. The average molecular weight is 336 g/mol. The first kappa shape index (κ1) is 15.6. The molecule has 0 amide bonds. The Balaban J connectivity index is 1.84. The van der Waals surface area contributed by atoms with E-state index in [0.717, 1.165) is 0 Å². The number of fused-ring (bicyclic) bond motifs is 6. The van der Waals surface area contributed by atoms with Gasteiger partial charge in [-0.2, -0.15) is 0 Å². The topological polar surface area (TPSA) is 0 Å². The molecule has 0 unspecified atom stereocenters. The van der Waals surface area contributed by atoms with Crippen LogP contribution in [0.5, 0.6) is 0 Å². The lowest BCUT2D eigenvalue weighted by Gasteiger charge is -2.24. The van der Waals surface area contributed by atoms with Gasteiger partial charge >= 0.3 is 0 Å². The molecule has 0 N–H and O–H groups in total. The minimum absolute atomic E-state index is 0.0143. The standard InChI is InChI=1S/C26H24/c1-6-16-11-12-18-20-15-23-19(14-24(20)26(4,5)22(18)13-16)17-9-7-8-10-21(17)25(23,2)3/h6-15H,1H2,2-5H3. The lowest BCUT2D eigenvalue weighted by Crippen LogP contribution is -2.17. The summed E-state index contributed by atoms with van der Waals surface area (Å²) in [5.41, 5.74) is 12.6. The maximum Gasteiger partial charge on any atom is 0.0159 e. The van der Waals surface area contributed by atoms with Crippen molar-refractivity contribution in [1.82, 2.24) is 0 Å². The molecule has 2 aliphatic carbocycles. The highest BCUT2D eigenvalue weighted by atomic mass is 14.4. The van der Waals surface area contributed by atoms with E-state index in [-0.39, 0.29) is 10.8 Å². The lowest BCUT2D eigenvalue weighted by molar-refractivity contribution is 0.652. The second-order valence-corrected chi connectivity index (χ2v) is 8.75. The molecule has 0 saturated carbocycles. The molecule has 2 aliphatic rings. The third-order valence-electron chi connectivity index (χ3n) is 6.64.